The van der Waals surface area contributed by atoms with Crippen LogP contribution in [-0.2, 0) is 0 Å². The second kappa shape index (κ2) is 5.48. The fraction of sp³-hybridized carbons (Fsp3) is 0.0769. The van der Waals surface area contributed by atoms with E-state index in [2.05, 4.69) is 19.7 Å². The van der Waals surface area contributed by atoms with Gasteiger partial charge in [-0.25, -0.2) is 0 Å². The number of thiophene rings is 1. The summed E-state index contributed by atoms with van der Waals surface area (Å²) in [6.07, 6.45) is 1.68. The molecule has 3 heterocycles. The van der Waals surface area contributed by atoms with Gasteiger partial charge in [0.2, 0.25) is 5.13 Å². The zero-order chi connectivity index (χ0) is 13.9. The van der Waals surface area contributed by atoms with Crippen LogP contribution in [0, 0.1) is 6.92 Å². The van der Waals surface area contributed by atoms with Gasteiger partial charge in [-0.2, -0.15) is 9.36 Å². The number of rotatable bonds is 3. The van der Waals surface area contributed by atoms with Crippen molar-refractivity contribution in [2.75, 3.05) is 5.32 Å². The number of carbonyl (C=O) groups is 1. The lowest BCUT2D eigenvalue weighted by Crippen LogP contribution is -2.09. The van der Waals surface area contributed by atoms with Crippen LogP contribution in [0.15, 0.2) is 35.8 Å². The van der Waals surface area contributed by atoms with Gasteiger partial charge in [-0.15, -0.1) is 11.3 Å². The zero-order valence-electron chi connectivity index (χ0n) is 10.5. The predicted molar refractivity (Wildman–Crippen MR) is 80.1 cm³/mol. The van der Waals surface area contributed by atoms with Gasteiger partial charge in [0.25, 0.3) is 5.91 Å². The molecule has 3 rings (SSSR count). The normalized spacial score (nSPS) is 10.4. The van der Waals surface area contributed by atoms with Gasteiger partial charge in [0.1, 0.15) is 5.69 Å². The van der Waals surface area contributed by atoms with E-state index in [1.807, 2.05) is 36.6 Å². The Labute approximate surface area is 123 Å². The summed E-state index contributed by atoms with van der Waals surface area (Å²) in [4.78, 5) is 21.1. The lowest BCUT2D eigenvalue weighted by Gasteiger charge is -1.96. The van der Waals surface area contributed by atoms with Crippen LogP contribution < -0.4 is 5.32 Å². The Morgan fingerprint density at radius 3 is 2.95 bits per heavy atom. The third-order valence-electron chi connectivity index (χ3n) is 2.49. The highest BCUT2D eigenvalue weighted by Gasteiger charge is 2.12. The second-order valence-corrected chi connectivity index (χ2v) is 5.74. The van der Waals surface area contributed by atoms with E-state index in [0.29, 0.717) is 21.5 Å². The zero-order valence-corrected chi connectivity index (χ0v) is 12.2. The van der Waals surface area contributed by atoms with Crippen molar-refractivity contribution in [3.8, 4) is 11.5 Å². The molecule has 0 saturated heterocycles. The van der Waals surface area contributed by atoms with Crippen molar-refractivity contribution in [1.29, 1.82) is 0 Å². The number of hydrogen-bond acceptors (Lipinski definition) is 6. The van der Waals surface area contributed by atoms with Crippen LogP contribution in [0.25, 0.3) is 11.5 Å². The van der Waals surface area contributed by atoms with Crippen LogP contribution in [-0.4, -0.2) is 20.2 Å². The van der Waals surface area contributed by atoms with Crippen LogP contribution in [0.5, 0.6) is 0 Å². The van der Waals surface area contributed by atoms with Gasteiger partial charge in [0.05, 0.1) is 4.88 Å². The van der Waals surface area contributed by atoms with Crippen LogP contribution >= 0.6 is 22.9 Å². The third-order valence-corrected chi connectivity index (χ3v) is 4.17. The van der Waals surface area contributed by atoms with Gasteiger partial charge in [0, 0.05) is 17.7 Å². The van der Waals surface area contributed by atoms with Crippen molar-refractivity contribution in [1.82, 2.24) is 14.3 Å². The Hall–Kier alpha value is -2.12. The van der Waals surface area contributed by atoms with Gasteiger partial charge in [0.15, 0.2) is 5.82 Å². The fourth-order valence-corrected chi connectivity index (χ4v) is 2.95. The fourth-order valence-electron chi connectivity index (χ4n) is 1.58. The summed E-state index contributed by atoms with van der Waals surface area (Å²) in [7, 11) is 0. The first-order chi connectivity index (χ1) is 9.72. The minimum Gasteiger partial charge on any atom is -0.296 e. The Bertz CT molecular complexity index is 736. The van der Waals surface area contributed by atoms with Crippen molar-refractivity contribution in [3.63, 3.8) is 0 Å². The van der Waals surface area contributed by atoms with Crippen LogP contribution in [0.1, 0.15) is 15.2 Å². The maximum Gasteiger partial charge on any atom is 0.267 e. The molecule has 0 aliphatic heterocycles. The van der Waals surface area contributed by atoms with E-state index in [1.54, 1.807) is 6.20 Å². The van der Waals surface area contributed by atoms with Crippen LogP contribution in [0.4, 0.5) is 5.13 Å². The van der Waals surface area contributed by atoms with E-state index in [0.717, 1.165) is 17.1 Å². The number of pyridine rings is 1. The van der Waals surface area contributed by atoms with E-state index in [-0.39, 0.29) is 5.91 Å². The number of nitrogens with zero attached hydrogens (tertiary/aromatic N) is 3. The molecule has 20 heavy (non-hydrogen) atoms. The number of hydrogen-bond donors (Lipinski definition) is 1. The number of carbonyl (C=O) groups excluding carboxylic acids is 1. The summed E-state index contributed by atoms with van der Waals surface area (Å²) >= 11 is 2.56. The molecule has 3 aromatic heterocycles. The maximum atomic E-state index is 12.0. The van der Waals surface area contributed by atoms with Gasteiger partial charge in [-0.3, -0.25) is 15.1 Å². The highest BCUT2D eigenvalue weighted by atomic mass is 32.1. The van der Waals surface area contributed by atoms with E-state index < -0.39 is 0 Å². The molecular formula is C13H10N4OS2. The number of nitrogens with one attached hydrogen (secondary N) is 1. The molecule has 0 aliphatic carbocycles. The molecule has 1 N–H and O–H groups in total. The third kappa shape index (κ3) is 2.73. The summed E-state index contributed by atoms with van der Waals surface area (Å²) < 4.78 is 4.20. The lowest BCUT2D eigenvalue weighted by atomic mass is 10.3. The van der Waals surface area contributed by atoms with Crippen molar-refractivity contribution < 1.29 is 4.79 Å². The minimum absolute atomic E-state index is 0.160. The Morgan fingerprint density at radius 1 is 1.35 bits per heavy atom. The first-order valence-corrected chi connectivity index (χ1v) is 7.49. The lowest BCUT2D eigenvalue weighted by molar-refractivity contribution is 0.103. The molecule has 0 unspecified atom stereocenters. The molecular weight excluding hydrogens is 292 g/mol. The molecule has 0 spiro atoms. The molecule has 0 atom stereocenters. The molecule has 5 nitrogen and oxygen atoms in total. The molecule has 0 radical (unpaired) electrons. The molecule has 0 aliphatic rings. The number of amides is 1. The quantitative estimate of drug-likeness (QED) is 0.806. The first-order valence-electron chi connectivity index (χ1n) is 5.84. The summed E-state index contributed by atoms with van der Waals surface area (Å²) in [6.45, 7) is 1.96. The Morgan fingerprint density at radius 2 is 2.25 bits per heavy atom. The first kappa shape index (κ1) is 12.9. The molecule has 7 heteroatoms. The summed E-state index contributed by atoms with van der Waals surface area (Å²) in [5.74, 6) is 0.361. The number of aromatic nitrogens is 3. The van der Waals surface area contributed by atoms with Crippen molar-refractivity contribution in [3.05, 3.63) is 46.3 Å². The number of aryl methyl sites for hydroxylation is 1. The largest absolute Gasteiger partial charge is 0.296 e. The smallest absolute Gasteiger partial charge is 0.267 e. The maximum absolute atomic E-state index is 12.0. The predicted octanol–water partition coefficient (Wildman–Crippen LogP) is 3.22. The molecule has 0 bridgehead atoms. The van der Waals surface area contributed by atoms with Crippen molar-refractivity contribution in [2.24, 2.45) is 0 Å². The van der Waals surface area contributed by atoms with Crippen molar-refractivity contribution >= 4 is 33.9 Å². The molecule has 0 aromatic carbocycles. The monoisotopic (exact) mass is 302 g/mol. The molecule has 1 amide bonds. The van der Waals surface area contributed by atoms with Gasteiger partial charge in [-0.05, 0) is 36.1 Å². The number of anilines is 1. The summed E-state index contributed by atoms with van der Waals surface area (Å²) in [5, 5.41) is 5.16. The highest BCUT2D eigenvalue weighted by molar-refractivity contribution is 7.12. The Kier molecular flexibility index (Phi) is 3.53. The molecule has 0 fully saturated rings. The van der Waals surface area contributed by atoms with Gasteiger partial charge in [-0.1, -0.05) is 6.07 Å². The summed E-state index contributed by atoms with van der Waals surface area (Å²) in [6, 6.07) is 7.38. The van der Waals surface area contributed by atoms with Crippen LogP contribution in [0.3, 0.4) is 0 Å². The second-order valence-electron chi connectivity index (χ2n) is 4.08. The van der Waals surface area contributed by atoms with E-state index >= 15 is 0 Å². The summed E-state index contributed by atoms with van der Waals surface area (Å²) in [5.41, 5.74) is 1.77. The average Bonchev–Trinajstić information content (AvgIpc) is 3.09. The molecule has 0 saturated carbocycles. The Balaban J connectivity index is 1.76. The molecule has 3 aromatic rings. The topological polar surface area (TPSA) is 67.8 Å². The minimum atomic E-state index is -0.160. The van der Waals surface area contributed by atoms with E-state index in [9.17, 15) is 4.79 Å². The standard InChI is InChI=1S/C13H10N4OS2/c1-8-6-10(19-7-8)12(18)16-13-15-11(17-20-13)9-4-2-3-5-14-9/h2-7H,1H3,(H,15,16,17,18). The van der Waals surface area contributed by atoms with E-state index in [4.69, 9.17) is 0 Å². The van der Waals surface area contributed by atoms with Crippen LogP contribution in [0.2, 0.25) is 0 Å². The van der Waals surface area contributed by atoms with Gasteiger partial charge < -0.3 is 0 Å². The SMILES string of the molecule is Cc1csc(C(=O)Nc2nc(-c3ccccn3)ns2)c1. The van der Waals surface area contributed by atoms with Gasteiger partial charge >= 0.3 is 0 Å². The molecule has 100 valence electrons. The average molecular weight is 302 g/mol. The van der Waals surface area contributed by atoms with E-state index in [1.165, 1.54) is 11.3 Å². The highest BCUT2D eigenvalue weighted by Crippen LogP contribution is 2.21. The van der Waals surface area contributed by atoms with Crippen molar-refractivity contribution in [2.45, 2.75) is 6.92 Å².